The molecule has 0 aromatic heterocycles. The standard InChI is InChI=1S/C12H25NOS/c1-10(2)12(4-7-14-3)13-11-5-8-15-9-6-11/h10-13H,4-9H2,1-3H3. The van der Waals surface area contributed by atoms with E-state index in [4.69, 9.17) is 4.74 Å². The lowest BCUT2D eigenvalue weighted by Crippen LogP contribution is -2.43. The molecule has 1 aliphatic heterocycles. The highest BCUT2D eigenvalue weighted by molar-refractivity contribution is 7.99. The smallest absolute Gasteiger partial charge is 0.0477 e. The van der Waals surface area contributed by atoms with E-state index in [-0.39, 0.29) is 0 Å². The van der Waals surface area contributed by atoms with E-state index >= 15 is 0 Å². The van der Waals surface area contributed by atoms with Crippen molar-refractivity contribution in [2.24, 2.45) is 5.92 Å². The van der Waals surface area contributed by atoms with E-state index in [1.807, 2.05) is 0 Å². The Morgan fingerprint density at radius 1 is 1.33 bits per heavy atom. The fourth-order valence-electron chi connectivity index (χ4n) is 2.02. The number of thioether (sulfide) groups is 1. The first kappa shape index (κ1) is 13.3. The van der Waals surface area contributed by atoms with Crippen LogP contribution in [0.5, 0.6) is 0 Å². The first-order valence-electron chi connectivity index (χ1n) is 6.06. The van der Waals surface area contributed by atoms with Crippen LogP contribution in [0, 0.1) is 5.92 Å². The minimum atomic E-state index is 0.623. The molecule has 0 bridgehead atoms. The second-order valence-corrected chi connectivity index (χ2v) is 5.91. The van der Waals surface area contributed by atoms with Gasteiger partial charge in [-0.3, -0.25) is 0 Å². The van der Waals surface area contributed by atoms with Gasteiger partial charge in [0.05, 0.1) is 0 Å². The Kier molecular flexibility index (Phi) is 6.69. The molecule has 0 aliphatic carbocycles. The summed E-state index contributed by atoms with van der Waals surface area (Å²) in [6.07, 6.45) is 3.81. The van der Waals surface area contributed by atoms with Crippen LogP contribution in [0.4, 0.5) is 0 Å². The van der Waals surface area contributed by atoms with Crippen LogP contribution in [0.2, 0.25) is 0 Å². The van der Waals surface area contributed by atoms with Crippen molar-refractivity contribution in [1.29, 1.82) is 0 Å². The van der Waals surface area contributed by atoms with Crippen molar-refractivity contribution in [2.45, 2.75) is 45.2 Å². The molecular formula is C12H25NOS. The topological polar surface area (TPSA) is 21.3 Å². The van der Waals surface area contributed by atoms with Crippen molar-refractivity contribution in [3.63, 3.8) is 0 Å². The molecule has 0 aromatic rings. The fraction of sp³-hybridized carbons (Fsp3) is 1.00. The first-order chi connectivity index (χ1) is 7.24. The van der Waals surface area contributed by atoms with Gasteiger partial charge in [-0.15, -0.1) is 0 Å². The predicted octanol–water partition coefficient (Wildman–Crippen LogP) is 2.53. The molecule has 15 heavy (non-hydrogen) atoms. The second-order valence-electron chi connectivity index (χ2n) is 4.69. The third kappa shape index (κ3) is 5.23. The summed E-state index contributed by atoms with van der Waals surface area (Å²) >= 11 is 2.09. The number of methoxy groups -OCH3 is 1. The highest BCUT2D eigenvalue weighted by Crippen LogP contribution is 2.19. The number of rotatable bonds is 6. The predicted molar refractivity (Wildman–Crippen MR) is 68.6 cm³/mol. The third-order valence-electron chi connectivity index (χ3n) is 3.11. The van der Waals surface area contributed by atoms with Crippen LogP contribution in [0.25, 0.3) is 0 Å². The summed E-state index contributed by atoms with van der Waals surface area (Å²) in [5.74, 6) is 3.36. The van der Waals surface area contributed by atoms with Gasteiger partial charge < -0.3 is 10.1 Å². The van der Waals surface area contributed by atoms with Gasteiger partial charge in [0.25, 0.3) is 0 Å². The highest BCUT2D eigenvalue weighted by Gasteiger charge is 2.19. The van der Waals surface area contributed by atoms with Gasteiger partial charge >= 0.3 is 0 Å². The number of nitrogens with one attached hydrogen (secondary N) is 1. The molecular weight excluding hydrogens is 206 g/mol. The Morgan fingerprint density at radius 2 is 2.00 bits per heavy atom. The van der Waals surface area contributed by atoms with Crippen LogP contribution < -0.4 is 5.32 Å². The van der Waals surface area contributed by atoms with Crippen LogP contribution in [0.1, 0.15) is 33.1 Å². The van der Waals surface area contributed by atoms with Crippen LogP contribution in [-0.4, -0.2) is 37.3 Å². The summed E-state index contributed by atoms with van der Waals surface area (Å²) in [6.45, 7) is 5.47. The molecule has 1 atom stereocenters. The summed E-state index contributed by atoms with van der Waals surface area (Å²) in [4.78, 5) is 0. The van der Waals surface area contributed by atoms with Crippen LogP contribution >= 0.6 is 11.8 Å². The average molecular weight is 231 g/mol. The Morgan fingerprint density at radius 3 is 2.53 bits per heavy atom. The van der Waals surface area contributed by atoms with Crippen LogP contribution in [0.15, 0.2) is 0 Å². The molecule has 0 aromatic carbocycles. The minimum Gasteiger partial charge on any atom is -0.385 e. The largest absolute Gasteiger partial charge is 0.385 e. The fourth-order valence-corrected chi connectivity index (χ4v) is 3.13. The number of hydrogen-bond donors (Lipinski definition) is 1. The number of hydrogen-bond acceptors (Lipinski definition) is 3. The van der Waals surface area contributed by atoms with E-state index < -0.39 is 0 Å². The van der Waals surface area contributed by atoms with Crippen molar-refractivity contribution in [1.82, 2.24) is 5.32 Å². The van der Waals surface area contributed by atoms with Gasteiger partial charge in [-0.05, 0) is 36.7 Å². The van der Waals surface area contributed by atoms with Crippen molar-refractivity contribution < 1.29 is 4.74 Å². The first-order valence-corrected chi connectivity index (χ1v) is 7.22. The van der Waals surface area contributed by atoms with E-state index in [0.717, 1.165) is 19.1 Å². The van der Waals surface area contributed by atoms with E-state index in [1.54, 1.807) is 7.11 Å². The molecule has 1 unspecified atom stereocenters. The third-order valence-corrected chi connectivity index (χ3v) is 4.16. The lowest BCUT2D eigenvalue weighted by Gasteiger charge is -2.30. The maximum Gasteiger partial charge on any atom is 0.0477 e. The van der Waals surface area contributed by atoms with E-state index in [2.05, 4.69) is 30.9 Å². The van der Waals surface area contributed by atoms with Crippen LogP contribution in [-0.2, 0) is 4.74 Å². The SMILES string of the molecule is COCCC(NC1CCSCC1)C(C)C. The molecule has 1 rings (SSSR count). The van der Waals surface area contributed by atoms with Crippen molar-refractivity contribution in [2.75, 3.05) is 25.2 Å². The summed E-state index contributed by atoms with van der Waals surface area (Å²) in [5.41, 5.74) is 0. The van der Waals surface area contributed by atoms with Gasteiger partial charge in [-0.2, -0.15) is 11.8 Å². The molecule has 0 spiro atoms. The molecule has 1 saturated heterocycles. The zero-order valence-electron chi connectivity index (χ0n) is 10.3. The molecule has 1 aliphatic rings. The van der Waals surface area contributed by atoms with Crippen molar-refractivity contribution in [3.8, 4) is 0 Å². The zero-order chi connectivity index (χ0) is 11.1. The van der Waals surface area contributed by atoms with Crippen molar-refractivity contribution in [3.05, 3.63) is 0 Å². The van der Waals surface area contributed by atoms with Gasteiger partial charge in [-0.1, -0.05) is 13.8 Å². The molecule has 0 saturated carbocycles. The quantitative estimate of drug-likeness (QED) is 0.759. The molecule has 1 heterocycles. The summed E-state index contributed by atoms with van der Waals surface area (Å²) in [7, 11) is 1.79. The zero-order valence-corrected chi connectivity index (χ0v) is 11.1. The van der Waals surface area contributed by atoms with Gasteiger partial charge in [0.1, 0.15) is 0 Å². The van der Waals surface area contributed by atoms with Gasteiger partial charge in [0.15, 0.2) is 0 Å². The Bertz CT molecular complexity index is 158. The molecule has 0 amide bonds. The minimum absolute atomic E-state index is 0.623. The number of ether oxygens (including phenoxy) is 1. The molecule has 2 nitrogen and oxygen atoms in total. The maximum atomic E-state index is 5.17. The van der Waals surface area contributed by atoms with Gasteiger partial charge in [0.2, 0.25) is 0 Å². The van der Waals surface area contributed by atoms with Crippen LogP contribution in [0.3, 0.4) is 0 Å². The highest BCUT2D eigenvalue weighted by atomic mass is 32.2. The van der Waals surface area contributed by atoms with Crippen molar-refractivity contribution >= 4 is 11.8 Å². The summed E-state index contributed by atoms with van der Waals surface area (Å²) in [5, 5.41) is 3.80. The Hall–Kier alpha value is 0.270. The lowest BCUT2D eigenvalue weighted by molar-refractivity contribution is 0.169. The van der Waals surface area contributed by atoms with E-state index in [1.165, 1.54) is 24.3 Å². The summed E-state index contributed by atoms with van der Waals surface area (Å²) in [6, 6.07) is 1.37. The summed E-state index contributed by atoms with van der Waals surface area (Å²) < 4.78 is 5.17. The Labute approximate surface area is 98.5 Å². The monoisotopic (exact) mass is 231 g/mol. The van der Waals surface area contributed by atoms with E-state index in [9.17, 15) is 0 Å². The van der Waals surface area contributed by atoms with Gasteiger partial charge in [-0.25, -0.2) is 0 Å². The normalized spacial score (nSPS) is 20.8. The maximum absolute atomic E-state index is 5.17. The lowest BCUT2D eigenvalue weighted by atomic mass is 9.99. The molecule has 0 radical (unpaired) electrons. The molecule has 90 valence electrons. The molecule has 1 N–H and O–H groups in total. The van der Waals surface area contributed by atoms with Gasteiger partial charge in [0, 0.05) is 25.8 Å². The Balaban J connectivity index is 2.28. The van der Waals surface area contributed by atoms with E-state index in [0.29, 0.717) is 12.0 Å². The molecule has 3 heteroatoms. The molecule has 1 fully saturated rings. The second kappa shape index (κ2) is 7.53. The average Bonchev–Trinajstić information content (AvgIpc) is 2.25.